The number of carbonyl (C=O) groups excluding carboxylic acids is 2. The van der Waals surface area contributed by atoms with Gasteiger partial charge in [-0.15, -0.1) is 0 Å². The zero-order chi connectivity index (χ0) is 13.4. The van der Waals surface area contributed by atoms with Crippen molar-refractivity contribution in [3.05, 3.63) is 0 Å². The summed E-state index contributed by atoms with van der Waals surface area (Å²) in [5, 5.41) is 2.85. The maximum Gasteiger partial charge on any atom is 0.239 e. The molecule has 4 N–H and O–H groups in total. The molecule has 1 heterocycles. The van der Waals surface area contributed by atoms with Gasteiger partial charge >= 0.3 is 0 Å². The van der Waals surface area contributed by atoms with E-state index >= 15 is 0 Å². The van der Waals surface area contributed by atoms with Gasteiger partial charge in [0, 0.05) is 26.1 Å². The highest BCUT2D eigenvalue weighted by Gasteiger charge is 2.29. The van der Waals surface area contributed by atoms with E-state index in [1.165, 1.54) is 0 Å². The van der Waals surface area contributed by atoms with Gasteiger partial charge in [-0.1, -0.05) is 6.92 Å². The van der Waals surface area contributed by atoms with Crippen molar-refractivity contribution in [1.82, 2.24) is 15.6 Å². The first kappa shape index (κ1) is 14.9. The highest BCUT2D eigenvalue weighted by Crippen LogP contribution is 2.07. The molecule has 7 heteroatoms. The lowest BCUT2D eigenvalue weighted by molar-refractivity contribution is -0.133. The van der Waals surface area contributed by atoms with Gasteiger partial charge in [0.25, 0.3) is 0 Å². The molecule has 0 aliphatic carbocycles. The standard InChI is InChI=1S/C11H22N4O3/c1-2-4-13-11(17)9-8-18-7-6-15(9)5-3-10(16)14-12/h9H,2-8,12H2,1H3,(H,13,17)(H,14,16). The number of rotatable bonds is 6. The van der Waals surface area contributed by atoms with Gasteiger partial charge in [-0.2, -0.15) is 0 Å². The maximum absolute atomic E-state index is 11.9. The molecule has 0 saturated carbocycles. The molecule has 1 unspecified atom stereocenters. The second kappa shape index (κ2) is 8.02. The minimum atomic E-state index is -0.309. The molecule has 18 heavy (non-hydrogen) atoms. The fraction of sp³-hybridized carbons (Fsp3) is 0.818. The molecule has 0 aromatic rings. The Bertz CT molecular complexity index is 285. The molecule has 1 aliphatic heterocycles. The third-order valence-corrected chi connectivity index (χ3v) is 2.88. The number of carbonyl (C=O) groups is 2. The molecule has 0 aromatic carbocycles. The van der Waals surface area contributed by atoms with Crippen molar-refractivity contribution in [3.63, 3.8) is 0 Å². The van der Waals surface area contributed by atoms with Crippen LogP contribution in [0.4, 0.5) is 0 Å². The van der Waals surface area contributed by atoms with E-state index in [9.17, 15) is 9.59 Å². The smallest absolute Gasteiger partial charge is 0.239 e. The molecule has 2 amide bonds. The third kappa shape index (κ3) is 4.59. The summed E-state index contributed by atoms with van der Waals surface area (Å²) in [6.45, 7) is 4.79. The Morgan fingerprint density at radius 3 is 2.94 bits per heavy atom. The van der Waals surface area contributed by atoms with E-state index < -0.39 is 0 Å². The molecule has 0 spiro atoms. The van der Waals surface area contributed by atoms with E-state index in [1.807, 2.05) is 11.8 Å². The number of nitrogens with one attached hydrogen (secondary N) is 2. The Kier molecular flexibility index (Phi) is 6.63. The van der Waals surface area contributed by atoms with Gasteiger partial charge in [0.1, 0.15) is 6.04 Å². The first-order valence-electron chi connectivity index (χ1n) is 6.28. The van der Waals surface area contributed by atoms with E-state index in [-0.39, 0.29) is 24.3 Å². The third-order valence-electron chi connectivity index (χ3n) is 2.88. The van der Waals surface area contributed by atoms with Gasteiger partial charge < -0.3 is 10.1 Å². The first-order valence-corrected chi connectivity index (χ1v) is 6.28. The summed E-state index contributed by atoms with van der Waals surface area (Å²) in [6.07, 6.45) is 1.18. The van der Waals surface area contributed by atoms with E-state index in [2.05, 4.69) is 10.7 Å². The number of nitrogens with zero attached hydrogens (tertiary/aromatic N) is 1. The molecular formula is C11H22N4O3. The molecule has 0 radical (unpaired) electrons. The minimum Gasteiger partial charge on any atom is -0.378 e. The van der Waals surface area contributed by atoms with Gasteiger partial charge in [-0.3, -0.25) is 19.9 Å². The van der Waals surface area contributed by atoms with Gasteiger partial charge in [-0.05, 0) is 6.42 Å². The normalized spacial score (nSPS) is 20.4. The van der Waals surface area contributed by atoms with Crippen LogP contribution in [0, 0.1) is 0 Å². The summed E-state index contributed by atoms with van der Waals surface area (Å²) in [5.41, 5.74) is 2.09. The number of hydrazine groups is 1. The Balaban J connectivity index is 2.45. The number of nitrogens with two attached hydrogens (primary N) is 1. The van der Waals surface area contributed by atoms with Crippen LogP contribution in [0.25, 0.3) is 0 Å². The fourth-order valence-electron chi connectivity index (χ4n) is 1.83. The molecule has 0 bridgehead atoms. The summed E-state index contributed by atoms with van der Waals surface area (Å²) in [4.78, 5) is 25.0. The van der Waals surface area contributed by atoms with Crippen LogP contribution in [0.3, 0.4) is 0 Å². The average Bonchev–Trinajstić information content (AvgIpc) is 2.42. The Labute approximate surface area is 107 Å². The Morgan fingerprint density at radius 2 is 2.28 bits per heavy atom. The van der Waals surface area contributed by atoms with Crippen LogP contribution in [0.2, 0.25) is 0 Å². The molecular weight excluding hydrogens is 236 g/mol. The molecule has 1 saturated heterocycles. The predicted molar refractivity (Wildman–Crippen MR) is 66.4 cm³/mol. The summed E-state index contributed by atoms with van der Waals surface area (Å²) in [5.74, 6) is 4.76. The van der Waals surface area contributed by atoms with Crippen LogP contribution in [0.15, 0.2) is 0 Å². The van der Waals surface area contributed by atoms with Crippen molar-refractivity contribution in [3.8, 4) is 0 Å². The van der Waals surface area contributed by atoms with E-state index in [4.69, 9.17) is 10.6 Å². The highest BCUT2D eigenvalue weighted by molar-refractivity contribution is 5.82. The number of amides is 2. The van der Waals surface area contributed by atoms with Gasteiger partial charge in [0.2, 0.25) is 11.8 Å². The lowest BCUT2D eigenvalue weighted by atomic mass is 10.2. The summed E-state index contributed by atoms with van der Waals surface area (Å²) in [7, 11) is 0. The largest absolute Gasteiger partial charge is 0.378 e. The molecule has 1 atom stereocenters. The number of hydrogen-bond donors (Lipinski definition) is 3. The SMILES string of the molecule is CCCNC(=O)C1COCCN1CCC(=O)NN. The van der Waals surface area contributed by atoms with Crippen molar-refractivity contribution in [2.24, 2.45) is 5.84 Å². The molecule has 1 fully saturated rings. The number of hydrogen-bond acceptors (Lipinski definition) is 5. The van der Waals surface area contributed by atoms with Gasteiger partial charge in [0.05, 0.1) is 13.2 Å². The predicted octanol–water partition coefficient (Wildman–Crippen LogP) is -1.41. The Morgan fingerprint density at radius 1 is 1.50 bits per heavy atom. The van der Waals surface area contributed by atoms with Gasteiger partial charge in [-0.25, -0.2) is 5.84 Å². The molecule has 1 aliphatic rings. The average molecular weight is 258 g/mol. The van der Waals surface area contributed by atoms with Crippen LogP contribution in [-0.4, -0.2) is 55.6 Å². The number of morpholine rings is 1. The second-order valence-electron chi connectivity index (χ2n) is 4.24. The summed E-state index contributed by atoms with van der Waals surface area (Å²) in [6, 6.07) is -0.309. The van der Waals surface area contributed by atoms with Crippen LogP contribution in [0.5, 0.6) is 0 Å². The zero-order valence-corrected chi connectivity index (χ0v) is 10.8. The van der Waals surface area contributed by atoms with Crippen molar-refractivity contribution in [1.29, 1.82) is 0 Å². The summed E-state index contributed by atoms with van der Waals surface area (Å²) >= 11 is 0. The lowest BCUT2D eigenvalue weighted by Crippen LogP contribution is -2.54. The topological polar surface area (TPSA) is 96.7 Å². The second-order valence-corrected chi connectivity index (χ2v) is 4.24. The lowest BCUT2D eigenvalue weighted by Gasteiger charge is -2.34. The van der Waals surface area contributed by atoms with Crippen molar-refractivity contribution < 1.29 is 14.3 Å². The molecule has 1 rings (SSSR count). The highest BCUT2D eigenvalue weighted by atomic mass is 16.5. The minimum absolute atomic E-state index is 0.0373. The monoisotopic (exact) mass is 258 g/mol. The van der Waals surface area contributed by atoms with Gasteiger partial charge in [0.15, 0.2) is 0 Å². The quantitative estimate of drug-likeness (QED) is 0.309. The first-order chi connectivity index (χ1) is 8.69. The van der Waals surface area contributed by atoms with Crippen molar-refractivity contribution in [2.75, 3.05) is 32.8 Å². The molecule has 0 aromatic heterocycles. The zero-order valence-electron chi connectivity index (χ0n) is 10.8. The van der Waals surface area contributed by atoms with E-state index in [0.29, 0.717) is 32.8 Å². The van der Waals surface area contributed by atoms with Crippen LogP contribution in [0.1, 0.15) is 19.8 Å². The fourth-order valence-corrected chi connectivity index (χ4v) is 1.83. The van der Waals surface area contributed by atoms with Crippen LogP contribution < -0.4 is 16.6 Å². The van der Waals surface area contributed by atoms with Crippen LogP contribution >= 0.6 is 0 Å². The maximum atomic E-state index is 11.9. The van der Waals surface area contributed by atoms with E-state index in [0.717, 1.165) is 6.42 Å². The van der Waals surface area contributed by atoms with E-state index in [1.54, 1.807) is 0 Å². The van der Waals surface area contributed by atoms with Crippen molar-refractivity contribution in [2.45, 2.75) is 25.8 Å². The number of ether oxygens (including phenoxy) is 1. The molecule has 7 nitrogen and oxygen atoms in total. The Hall–Kier alpha value is -1.18. The van der Waals surface area contributed by atoms with Crippen LogP contribution in [-0.2, 0) is 14.3 Å². The van der Waals surface area contributed by atoms with Crippen molar-refractivity contribution >= 4 is 11.8 Å². The molecule has 104 valence electrons. The summed E-state index contributed by atoms with van der Waals surface area (Å²) < 4.78 is 5.32.